The number of ether oxygens (including phenoxy) is 1. The van der Waals surface area contributed by atoms with Gasteiger partial charge in [-0.2, -0.15) is 0 Å². The van der Waals surface area contributed by atoms with E-state index in [4.69, 9.17) is 4.74 Å². The Morgan fingerprint density at radius 2 is 2.12 bits per heavy atom. The van der Waals surface area contributed by atoms with E-state index < -0.39 is 0 Å². The van der Waals surface area contributed by atoms with Crippen LogP contribution in [0.3, 0.4) is 0 Å². The lowest BCUT2D eigenvalue weighted by molar-refractivity contribution is -0.00911. The van der Waals surface area contributed by atoms with Crippen molar-refractivity contribution in [2.75, 3.05) is 11.9 Å². The molecule has 1 aromatic rings. The molecule has 0 aromatic heterocycles. The van der Waals surface area contributed by atoms with E-state index in [2.05, 4.69) is 51.2 Å². The van der Waals surface area contributed by atoms with E-state index in [1.54, 1.807) is 0 Å². The first-order chi connectivity index (χ1) is 7.96. The summed E-state index contributed by atoms with van der Waals surface area (Å²) in [7, 11) is 0. The van der Waals surface area contributed by atoms with Gasteiger partial charge in [0.25, 0.3) is 0 Å². The van der Waals surface area contributed by atoms with Gasteiger partial charge in [-0.25, -0.2) is 0 Å². The highest BCUT2D eigenvalue weighted by atomic mass is 16.5. The third-order valence-corrected chi connectivity index (χ3v) is 3.47. The molecule has 1 N–H and O–H groups in total. The minimum atomic E-state index is 0.0635. The molecular weight excluding hydrogens is 210 g/mol. The molecule has 1 saturated heterocycles. The molecule has 2 nitrogen and oxygen atoms in total. The van der Waals surface area contributed by atoms with Crippen LogP contribution in [0.25, 0.3) is 0 Å². The Bertz CT molecular complexity index is 398. The Kier molecular flexibility index (Phi) is 3.43. The van der Waals surface area contributed by atoms with Crippen molar-refractivity contribution < 1.29 is 4.74 Å². The number of aryl methyl sites for hydroxylation is 2. The quantitative estimate of drug-likeness (QED) is 0.860. The van der Waals surface area contributed by atoms with Crippen molar-refractivity contribution >= 4 is 5.69 Å². The molecule has 0 radical (unpaired) electrons. The zero-order valence-corrected chi connectivity index (χ0v) is 11.3. The second kappa shape index (κ2) is 4.69. The summed E-state index contributed by atoms with van der Waals surface area (Å²) in [5.41, 5.74) is 3.89. The van der Waals surface area contributed by atoms with Crippen LogP contribution in [0.4, 0.5) is 5.69 Å². The molecule has 1 atom stereocenters. The Balaban J connectivity index is 1.92. The molecule has 2 rings (SSSR count). The van der Waals surface area contributed by atoms with Gasteiger partial charge in [-0.1, -0.05) is 12.1 Å². The van der Waals surface area contributed by atoms with Crippen LogP contribution in [0.15, 0.2) is 18.2 Å². The molecule has 0 aliphatic carbocycles. The first-order valence-electron chi connectivity index (χ1n) is 6.45. The van der Waals surface area contributed by atoms with E-state index in [-0.39, 0.29) is 5.60 Å². The molecule has 94 valence electrons. The fourth-order valence-corrected chi connectivity index (χ4v) is 2.37. The van der Waals surface area contributed by atoms with Gasteiger partial charge in [-0.3, -0.25) is 0 Å². The van der Waals surface area contributed by atoms with Gasteiger partial charge in [0.05, 0.1) is 11.7 Å². The maximum atomic E-state index is 5.98. The average Bonchev–Trinajstić information content (AvgIpc) is 2.60. The van der Waals surface area contributed by atoms with Gasteiger partial charge in [-0.15, -0.1) is 0 Å². The van der Waals surface area contributed by atoms with Gasteiger partial charge < -0.3 is 10.1 Å². The monoisotopic (exact) mass is 233 g/mol. The predicted molar refractivity (Wildman–Crippen MR) is 72.6 cm³/mol. The zero-order valence-electron chi connectivity index (χ0n) is 11.3. The first-order valence-corrected chi connectivity index (χ1v) is 6.45. The van der Waals surface area contributed by atoms with Crippen molar-refractivity contribution in [3.8, 4) is 0 Å². The molecule has 0 spiro atoms. The van der Waals surface area contributed by atoms with Gasteiger partial charge in [0.15, 0.2) is 0 Å². The Morgan fingerprint density at radius 3 is 2.76 bits per heavy atom. The second-order valence-electron chi connectivity index (χ2n) is 5.74. The van der Waals surface area contributed by atoms with Gasteiger partial charge in [0.2, 0.25) is 0 Å². The normalized spacial score (nSPS) is 22.7. The molecular formula is C15H23NO. The summed E-state index contributed by atoms with van der Waals surface area (Å²) in [6.45, 7) is 9.52. The molecule has 1 aromatic carbocycles. The number of nitrogens with one attached hydrogen (secondary N) is 1. The maximum Gasteiger partial charge on any atom is 0.0755 e. The van der Waals surface area contributed by atoms with Crippen molar-refractivity contribution in [3.63, 3.8) is 0 Å². The number of hydrogen-bond donors (Lipinski definition) is 1. The van der Waals surface area contributed by atoms with E-state index in [0.29, 0.717) is 6.10 Å². The molecule has 1 unspecified atom stereocenters. The van der Waals surface area contributed by atoms with Crippen LogP contribution in [0.2, 0.25) is 0 Å². The maximum absolute atomic E-state index is 5.98. The summed E-state index contributed by atoms with van der Waals surface area (Å²) in [5.74, 6) is 0. The first kappa shape index (κ1) is 12.4. The zero-order chi connectivity index (χ0) is 12.5. The minimum Gasteiger partial charge on any atom is -0.382 e. The summed E-state index contributed by atoms with van der Waals surface area (Å²) in [6.07, 6.45) is 2.67. The molecule has 0 amide bonds. The van der Waals surface area contributed by atoms with E-state index in [1.165, 1.54) is 16.8 Å². The van der Waals surface area contributed by atoms with Crippen LogP contribution >= 0.6 is 0 Å². The van der Waals surface area contributed by atoms with Crippen LogP contribution in [0.5, 0.6) is 0 Å². The summed E-state index contributed by atoms with van der Waals surface area (Å²) < 4.78 is 5.98. The van der Waals surface area contributed by atoms with Crippen LogP contribution < -0.4 is 5.32 Å². The number of anilines is 1. The number of benzene rings is 1. The third-order valence-electron chi connectivity index (χ3n) is 3.47. The molecule has 0 saturated carbocycles. The molecule has 1 aliphatic rings. The second-order valence-corrected chi connectivity index (χ2v) is 5.74. The topological polar surface area (TPSA) is 21.3 Å². The SMILES string of the molecule is Cc1ccc(C)c(NCC2CCC(C)(C)O2)c1. The summed E-state index contributed by atoms with van der Waals surface area (Å²) in [6, 6.07) is 6.52. The Labute approximate surface area is 104 Å². The van der Waals surface area contributed by atoms with Crippen LogP contribution in [-0.2, 0) is 4.74 Å². The van der Waals surface area contributed by atoms with E-state index in [1.807, 2.05) is 0 Å². The molecule has 1 aliphatic heterocycles. The van der Waals surface area contributed by atoms with Gasteiger partial charge in [0.1, 0.15) is 0 Å². The Morgan fingerprint density at radius 1 is 1.35 bits per heavy atom. The van der Waals surface area contributed by atoms with Crippen molar-refractivity contribution in [1.29, 1.82) is 0 Å². The highest BCUT2D eigenvalue weighted by molar-refractivity contribution is 5.52. The van der Waals surface area contributed by atoms with Crippen molar-refractivity contribution in [2.45, 2.75) is 52.2 Å². The standard InChI is InChI=1S/C15H23NO/c1-11-5-6-12(2)14(9-11)16-10-13-7-8-15(3,4)17-13/h5-6,9,13,16H,7-8,10H2,1-4H3. The average molecular weight is 233 g/mol. The van der Waals surface area contributed by atoms with Crippen molar-refractivity contribution in [3.05, 3.63) is 29.3 Å². The molecule has 1 heterocycles. The van der Waals surface area contributed by atoms with E-state index in [0.717, 1.165) is 19.4 Å². The minimum absolute atomic E-state index is 0.0635. The molecule has 1 fully saturated rings. The van der Waals surface area contributed by atoms with Crippen molar-refractivity contribution in [1.82, 2.24) is 0 Å². The molecule has 0 bridgehead atoms. The van der Waals surface area contributed by atoms with Crippen LogP contribution in [0, 0.1) is 13.8 Å². The largest absolute Gasteiger partial charge is 0.382 e. The number of rotatable bonds is 3. The lowest BCUT2D eigenvalue weighted by Gasteiger charge is -2.20. The summed E-state index contributed by atoms with van der Waals surface area (Å²) in [4.78, 5) is 0. The highest BCUT2D eigenvalue weighted by Gasteiger charge is 2.31. The van der Waals surface area contributed by atoms with Crippen molar-refractivity contribution in [2.24, 2.45) is 0 Å². The summed E-state index contributed by atoms with van der Waals surface area (Å²) in [5, 5.41) is 3.51. The highest BCUT2D eigenvalue weighted by Crippen LogP contribution is 2.29. The lowest BCUT2D eigenvalue weighted by atomic mass is 10.1. The van der Waals surface area contributed by atoms with E-state index >= 15 is 0 Å². The fourth-order valence-electron chi connectivity index (χ4n) is 2.37. The third kappa shape index (κ3) is 3.22. The molecule has 17 heavy (non-hydrogen) atoms. The number of hydrogen-bond acceptors (Lipinski definition) is 2. The van der Waals surface area contributed by atoms with E-state index in [9.17, 15) is 0 Å². The molecule has 2 heteroatoms. The Hall–Kier alpha value is -1.02. The van der Waals surface area contributed by atoms with Crippen LogP contribution in [-0.4, -0.2) is 18.2 Å². The van der Waals surface area contributed by atoms with Crippen LogP contribution in [0.1, 0.15) is 37.8 Å². The van der Waals surface area contributed by atoms with Gasteiger partial charge >= 0.3 is 0 Å². The van der Waals surface area contributed by atoms with Gasteiger partial charge in [-0.05, 0) is 57.7 Å². The summed E-state index contributed by atoms with van der Waals surface area (Å²) >= 11 is 0. The smallest absolute Gasteiger partial charge is 0.0755 e. The fraction of sp³-hybridized carbons (Fsp3) is 0.600. The van der Waals surface area contributed by atoms with Gasteiger partial charge in [0, 0.05) is 12.2 Å². The lowest BCUT2D eigenvalue weighted by Crippen LogP contribution is -2.25. The predicted octanol–water partition coefficient (Wildman–Crippen LogP) is 3.67.